The molecule has 0 amide bonds. The van der Waals surface area contributed by atoms with E-state index in [1.165, 1.54) is 6.92 Å². The molecule has 0 radical (unpaired) electrons. The average Bonchev–Trinajstić information content (AvgIpc) is 2.81. The molecular weight excluding hydrogens is 284 g/mol. The molecule has 2 aromatic heterocycles. The van der Waals surface area contributed by atoms with E-state index in [0.717, 1.165) is 0 Å². The number of hydrogen-bond donors (Lipinski definition) is 1. The Morgan fingerprint density at radius 2 is 2.18 bits per heavy atom. The first-order valence-corrected chi connectivity index (χ1v) is 7.24. The number of rotatable bonds is 7. The molecule has 0 saturated heterocycles. The number of aromatic nitrogens is 2. The van der Waals surface area contributed by atoms with Gasteiger partial charge in [0.15, 0.2) is 17.2 Å². The third kappa shape index (κ3) is 3.01. The Kier molecular flexibility index (Phi) is 4.92. The van der Waals surface area contributed by atoms with Gasteiger partial charge in [0.05, 0.1) is 18.9 Å². The van der Waals surface area contributed by atoms with Crippen molar-refractivity contribution in [1.82, 2.24) is 9.38 Å². The highest BCUT2D eigenvalue weighted by molar-refractivity contribution is 5.99. The Hall–Kier alpha value is -2.21. The van der Waals surface area contributed by atoms with E-state index in [0.29, 0.717) is 29.4 Å². The Bertz CT molecular complexity index is 705. The summed E-state index contributed by atoms with van der Waals surface area (Å²) in [4.78, 5) is 28.3. The highest BCUT2D eigenvalue weighted by Crippen LogP contribution is 2.23. The van der Waals surface area contributed by atoms with Crippen molar-refractivity contribution in [2.24, 2.45) is 5.92 Å². The molecule has 2 aromatic rings. The van der Waals surface area contributed by atoms with E-state index < -0.39 is 5.92 Å². The van der Waals surface area contributed by atoms with Gasteiger partial charge in [0, 0.05) is 18.5 Å². The van der Waals surface area contributed by atoms with Gasteiger partial charge in [-0.25, -0.2) is 4.98 Å². The molecule has 0 aromatic carbocycles. The lowest BCUT2D eigenvalue weighted by Crippen LogP contribution is -2.20. The van der Waals surface area contributed by atoms with Crippen LogP contribution >= 0.6 is 0 Å². The SMILES string of the molecule is CCOc1cccn2c(C(=O)CC(CO)C(C)=O)c(C)nc12. The van der Waals surface area contributed by atoms with Gasteiger partial charge in [-0.15, -0.1) is 0 Å². The molecule has 1 N–H and O–H groups in total. The number of hydrogen-bond acceptors (Lipinski definition) is 5. The van der Waals surface area contributed by atoms with Crippen LogP contribution < -0.4 is 4.74 Å². The first-order valence-electron chi connectivity index (χ1n) is 7.24. The number of fused-ring (bicyclic) bond motifs is 1. The molecule has 0 saturated carbocycles. The average molecular weight is 304 g/mol. The number of ether oxygens (including phenoxy) is 1. The Labute approximate surface area is 128 Å². The van der Waals surface area contributed by atoms with Gasteiger partial charge in [-0.05, 0) is 32.9 Å². The van der Waals surface area contributed by atoms with Crippen molar-refractivity contribution in [1.29, 1.82) is 0 Å². The summed E-state index contributed by atoms with van der Waals surface area (Å²) in [6, 6.07) is 3.58. The van der Waals surface area contributed by atoms with Crippen LogP contribution in [0.5, 0.6) is 5.75 Å². The van der Waals surface area contributed by atoms with Gasteiger partial charge in [0.25, 0.3) is 0 Å². The number of Topliss-reactive ketones (excluding diaryl/α,β-unsaturated/α-hetero) is 2. The molecule has 22 heavy (non-hydrogen) atoms. The van der Waals surface area contributed by atoms with Gasteiger partial charge < -0.3 is 9.84 Å². The zero-order chi connectivity index (χ0) is 16.3. The summed E-state index contributed by atoms with van der Waals surface area (Å²) in [5.74, 6) is -0.477. The zero-order valence-corrected chi connectivity index (χ0v) is 13.0. The van der Waals surface area contributed by atoms with E-state index in [1.54, 1.807) is 29.7 Å². The Morgan fingerprint density at radius 1 is 1.45 bits per heavy atom. The number of carbonyl (C=O) groups excluding carboxylic acids is 2. The van der Waals surface area contributed by atoms with Crippen molar-refractivity contribution in [3.05, 3.63) is 29.7 Å². The van der Waals surface area contributed by atoms with Crippen LogP contribution in [-0.2, 0) is 4.79 Å². The van der Waals surface area contributed by atoms with Gasteiger partial charge in [0.1, 0.15) is 11.5 Å². The number of imidazole rings is 1. The fraction of sp³-hybridized carbons (Fsp3) is 0.438. The number of carbonyl (C=O) groups is 2. The van der Waals surface area contributed by atoms with Crippen molar-refractivity contribution in [3.8, 4) is 5.75 Å². The molecule has 0 aliphatic rings. The first-order chi connectivity index (χ1) is 10.5. The van der Waals surface area contributed by atoms with Crippen molar-refractivity contribution in [2.45, 2.75) is 27.2 Å². The van der Waals surface area contributed by atoms with Gasteiger partial charge in [-0.1, -0.05) is 0 Å². The van der Waals surface area contributed by atoms with E-state index in [2.05, 4.69) is 4.98 Å². The lowest BCUT2D eigenvalue weighted by molar-refractivity contribution is -0.121. The van der Waals surface area contributed by atoms with Crippen LogP contribution in [0.15, 0.2) is 18.3 Å². The van der Waals surface area contributed by atoms with E-state index >= 15 is 0 Å². The molecule has 118 valence electrons. The minimum Gasteiger partial charge on any atom is -0.490 e. The molecule has 1 atom stereocenters. The lowest BCUT2D eigenvalue weighted by atomic mass is 9.97. The quantitative estimate of drug-likeness (QED) is 0.789. The minimum absolute atomic E-state index is 0.0284. The third-order valence-corrected chi connectivity index (χ3v) is 3.58. The van der Waals surface area contributed by atoms with Gasteiger partial charge >= 0.3 is 0 Å². The summed E-state index contributed by atoms with van der Waals surface area (Å²) in [6.07, 6.45) is 1.71. The van der Waals surface area contributed by atoms with Crippen molar-refractivity contribution < 1.29 is 19.4 Å². The normalized spacial score (nSPS) is 12.4. The van der Waals surface area contributed by atoms with Gasteiger partial charge in [0.2, 0.25) is 0 Å². The summed E-state index contributed by atoms with van der Waals surface area (Å²) >= 11 is 0. The predicted octanol–water partition coefficient (Wildman–Crippen LogP) is 1.81. The fourth-order valence-electron chi connectivity index (χ4n) is 2.42. The molecule has 1 unspecified atom stereocenters. The van der Waals surface area contributed by atoms with Crippen LogP contribution in [0.4, 0.5) is 0 Å². The molecule has 2 heterocycles. The van der Waals surface area contributed by atoms with E-state index in [4.69, 9.17) is 4.74 Å². The summed E-state index contributed by atoms with van der Waals surface area (Å²) in [5.41, 5.74) is 1.59. The Balaban J connectivity index is 2.43. The summed E-state index contributed by atoms with van der Waals surface area (Å²) in [6.45, 7) is 5.18. The maximum atomic E-state index is 12.5. The zero-order valence-electron chi connectivity index (χ0n) is 13.0. The van der Waals surface area contributed by atoms with Gasteiger partial charge in [-0.2, -0.15) is 0 Å². The van der Waals surface area contributed by atoms with Crippen molar-refractivity contribution in [3.63, 3.8) is 0 Å². The standard InChI is InChI=1S/C16H20N2O4/c1-4-22-14-6-5-7-18-15(10(2)17-16(14)18)13(21)8-12(9-19)11(3)20/h5-7,12,19H,4,8-9H2,1-3H3. The van der Waals surface area contributed by atoms with Crippen LogP contribution in [0.2, 0.25) is 0 Å². The van der Waals surface area contributed by atoms with E-state index in [-0.39, 0.29) is 24.6 Å². The van der Waals surface area contributed by atoms with Crippen molar-refractivity contribution >= 4 is 17.2 Å². The van der Waals surface area contributed by atoms with E-state index in [1.807, 2.05) is 6.92 Å². The monoisotopic (exact) mass is 304 g/mol. The second-order valence-electron chi connectivity index (χ2n) is 5.16. The predicted molar refractivity (Wildman–Crippen MR) is 81.3 cm³/mol. The topological polar surface area (TPSA) is 80.9 Å². The fourth-order valence-corrected chi connectivity index (χ4v) is 2.42. The molecule has 0 bridgehead atoms. The summed E-state index contributed by atoms with van der Waals surface area (Å²) < 4.78 is 7.20. The smallest absolute Gasteiger partial charge is 0.182 e. The third-order valence-electron chi connectivity index (χ3n) is 3.58. The Morgan fingerprint density at radius 3 is 2.77 bits per heavy atom. The number of pyridine rings is 1. The summed E-state index contributed by atoms with van der Waals surface area (Å²) in [5, 5.41) is 9.22. The molecule has 0 fully saturated rings. The van der Waals surface area contributed by atoms with Crippen LogP contribution in [0, 0.1) is 12.8 Å². The molecule has 6 nitrogen and oxygen atoms in total. The second-order valence-corrected chi connectivity index (χ2v) is 5.16. The van der Waals surface area contributed by atoms with Crippen LogP contribution in [0.1, 0.15) is 36.5 Å². The number of aryl methyl sites for hydroxylation is 1. The summed E-state index contributed by atoms with van der Waals surface area (Å²) in [7, 11) is 0. The second kappa shape index (κ2) is 6.70. The molecule has 0 aliphatic heterocycles. The molecule has 0 aliphatic carbocycles. The van der Waals surface area contributed by atoms with Crippen LogP contribution in [0.3, 0.4) is 0 Å². The lowest BCUT2D eigenvalue weighted by Gasteiger charge is -2.10. The molecule has 2 rings (SSSR count). The van der Waals surface area contributed by atoms with Crippen LogP contribution in [0.25, 0.3) is 5.65 Å². The number of ketones is 2. The molecule has 6 heteroatoms. The number of aliphatic hydroxyl groups is 1. The molecule has 0 spiro atoms. The van der Waals surface area contributed by atoms with Crippen LogP contribution in [-0.4, -0.2) is 39.3 Å². The minimum atomic E-state index is -0.674. The maximum Gasteiger partial charge on any atom is 0.182 e. The number of nitrogens with zero attached hydrogens (tertiary/aromatic N) is 2. The highest BCUT2D eigenvalue weighted by Gasteiger charge is 2.23. The largest absolute Gasteiger partial charge is 0.490 e. The first kappa shape index (κ1) is 16.2. The van der Waals surface area contributed by atoms with E-state index in [9.17, 15) is 14.7 Å². The van der Waals surface area contributed by atoms with Crippen molar-refractivity contribution in [2.75, 3.05) is 13.2 Å². The molecular formula is C16H20N2O4. The highest BCUT2D eigenvalue weighted by atomic mass is 16.5. The van der Waals surface area contributed by atoms with Gasteiger partial charge in [-0.3, -0.25) is 14.0 Å². The number of aliphatic hydroxyl groups excluding tert-OH is 1. The maximum absolute atomic E-state index is 12.5.